The highest BCUT2D eigenvalue weighted by molar-refractivity contribution is 7.95. The SMILES string of the molecule is CCCCCCCCCCCCOS(=O)(=O)OS(=O)(=O)Oc1ccccc1. The van der Waals surface area contributed by atoms with Crippen molar-refractivity contribution < 1.29 is 28.8 Å². The predicted molar refractivity (Wildman–Crippen MR) is 104 cm³/mol. The van der Waals surface area contributed by atoms with Crippen LogP contribution < -0.4 is 4.18 Å². The van der Waals surface area contributed by atoms with Crippen LogP contribution in [0.4, 0.5) is 0 Å². The Bertz CT molecular complexity index is 700. The maximum atomic E-state index is 11.6. The molecule has 0 saturated heterocycles. The fourth-order valence-electron chi connectivity index (χ4n) is 2.48. The second-order valence-corrected chi connectivity index (χ2v) is 8.86. The molecule has 0 unspecified atom stereocenters. The lowest BCUT2D eigenvalue weighted by Gasteiger charge is -2.07. The topological polar surface area (TPSA) is 96.0 Å². The van der Waals surface area contributed by atoms with Gasteiger partial charge in [-0.05, 0) is 18.6 Å². The van der Waals surface area contributed by atoms with E-state index in [1.807, 2.05) is 0 Å². The summed E-state index contributed by atoms with van der Waals surface area (Å²) in [7, 11) is -9.45. The molecule has 0 amide bonds. The van der Waals surface area contributed by atoms with E-state index in [1.54, 1.807) is 18.2 Å². The van der Waals surface area contributed by atoms with E-state index in [-0.39, 0.29) is 12.4 Å². The second-order valence-electron chi connectivity index (χ2n) is 6.28. The first kappa shape index (κ1) is 23.9. The quantitative estimate of drug-likeness (QED) is 0.362. The lowest BCUT2D eigenvalue weighted by atomic mass is 10.1. The molecule has 0 radical (unpaired) electrons. The van der Waals surface area contributed by atoms with Crippen LogP contribution in [-0.2, 0) is 28.6 Å². The minimum atomic E-state index is -4.77. The maximum Gasteiger partial charge on any atom is 0.465 e. The molecule has 0 aliphatic carbocycles. The first-order valence-electron chi connectivity index (χ1n) is 9.44. The maximum absolute atomic E-state index is 11.6. The molecular weight excluding hydrogens is 392 g/mol. The first-order valence-corrected chi connectivity index (χ1v) is 12.1. The largest absolute Gasteiger partial charge is 0.465 e. The molecule has 0 heterocycles. The molecule has 1 rings (SSSR count). The lowest BCUT2D eigenvalue weighted by molar-refractivity contribution is 0.259. The van der Waals surface area contributed by atoms with Crippen LogP contribution in [-0.4, -0.2) is 23.4 Å². The number of benzene rings is 1. The van der Waals surface area contributed by atoms with Gasteiger partial charge in [0.2, 0.25) is 0 Å². The fourth-order valence-corrected chi connectivity index (χ4v) is 4.23. The molecule has 0 bridgehead atoms. The number of hydrogen-bond acceptors (Lipinski definition) is 7. The predicted octanol–water partition coefficient (Wildman–Crippen LogP) is 4.51. The average Bonchev–Trinajstić information content (AvgIpc) is 2.59. The monoisotopic (exact) mass is 422 g/mol. The third-order valence-corrected chi connectivity index (χ3v) is 6.02. The molecule has 1 aromatic rings. The Hall–Kier alpha value is -1.16. The van der Waals surface area contributed by atoms with Gasteiger partial charge in [0.25, 0.3) is 0 Å². The van der Waals surface area contributed by atoms with Gasteiger partial charge in [0.1, 0.15) is 5.75 Å². The average molecular weight is 423 g/mol. The van der Waals surface area contributed by atoms with Crippen molar-refractivity contribution in [2.24, 2.45) is 0 Å². The summed E-state index contributed by atoms with van der Waals surface area (Å²) in [6.07, 6.45) is 10.9. The van der Waals surface area contributed by atoms with Crippen molar-refractivity contribution in [1.29, 1.82) is 0 Å². The highest BCUT2D eigenvalue weighted by atomic mass is 32.3. The van der Waals surface area contributed by atoms with Crippen LogP contribution in [0.5, 0.6) is 5.75 Å². The van der Waals surface area contributed by atoms with Crippen molar-refractivity contribution in [3.8, 4) is 5.75 Å². The van der Waals surface area contributed by atoms with Crippen molar-refractivity contribution in [1.82, 2.24) is 0 Å². The molecule has 156 valence electrons. The van der Waals surface area contributed by atoms with Crippen LogP contribution in [0.2, 0.25) is 0 Å². The van der Waals surface area contributed by atoms with E-state index >= 15 is 0 Å². The van der Waals surface area contributed by atoms with Gasteiger partial charge in [-0.1, -0.05) is 86.5 Å². The van der Waals surface area contributed by atoms with Crippen molar-refractivity contribution in [3.63, 3.8) is 0 Å². The lowest BCUT2D eigenvalue weighted by Crippen LogP contribution is -2.20. The van der Waals surface area contributed by atoms with Crippen LogP contribution in [0.3, 0.4) is 0 Å². The molecule has 0 atom stereocenters. The fraction of sp³-hybridized carbons (Fsp3) is 0.667. The number of rotatable bonds is 16. The number of unbranched alkanes of at least 4 members (excludes halogenated alkanes) is 9. The standard InChI is InChI=1S/C18H30O7S2/c1-2-3-4-5-6-7-8-9-10-14-17-23-26(19,20)25-27(21,22)24-18-15-12-11-13-16-18/h11-13,15-16H,2-10,14,17H2,1H3. The highest BCUT2D eigenvalue weighted by Crippen LogP contribution is 2.15. The zero-order chi connectivity index (χ0) is 20.0. The van der Waals surface area contributed by atoms with Gasteiger partial charge in [0.15, 0.2) is 0 Å². The summed E-state index contributed by atoms with van der Waals surface area (Å²) < 4.78 is 59.5. The van der Waals surface area contributed by atoms with Crippen molar-refractivity contribution in [3.05, 3.63) is 30.3 Å². The van der Waals surface area contributed by atoms with Gasteiger partial charge >= 0.3 is 20.8 Å². The van der Waals surface area contributed by atoms with Crippen LogP contribution in [0.25, 0.3) is 0 Å². The van der Waals surface area contributed by atoms with Crippen LogP contribution in [0.15, 0.2) is 30.3 Å². The number of hydrogen-bond donors (Lipinski definition) is 0. The molecule has 0 fully saturated rings. The van der Waals surface area contributed by atoms with E-state index in [1.165, 1.54) is 50.7 Å². The molecule has 27 heavy (non-hydrogen) atoms. The summed E-state index contributed by atoms with van der Waals surface area (Å²) in [6, 6.07) is 7.46. The molecule has 0 aliphatic rings. The third-order valence-electron chi connectivity index (χ3n) is 3.83. The van der Waals surface area contributed by atoms with E-state index in [0.717, 1.165) is 19.3 Å². The summed E-state index contributed by atoms with van der Waals surface area (Å²) in [5.74, 6) is -0.0533. The third kappa shape index (κ3) is 12.8. The second kappa shape index (κ2) is 13.1. The minimum Gasteiger partial charge on any atom is -0.361 e. The summed E-state index contributed by atoms with van der Waals surface area (Å²) in [6.45, 7) is 2.07. The van der Waals surface area contributed by atoms with Gasteiger partial charge in [-0.3, -0.25) is 0 Å². The smallest absolute Gasteiger partial charge is 0.361 e. The van der Waals surface area contributed by atoms with Gasteiger partial charge in [-0.2, -0.15) is 16.8 Å². The van der Waals surface area contributed by atoms with Crippen molar-refractivity contribution in [2.75, 3.05) is 6.61 Å². The highest BCUT2D eigenvalue weighted by Gasteiger charge is 2.25. The van der Waals surface area contributed by atoms with Gasteiger partial charge < -0.3 is 4.18 Å². The van der Waals surface area contributed by atoms with Gasteiger partial charge in [-0.25, -0.2) is 4.18 Å². The van der Waals surface area contributed by atoms with E-state index in [2.05, 4.69) is 18.9 Å². The number of para-hydroxylation sites is 1. The molecule has 0 spiro atoms. The Kier molecular flexibility index (Phi) is 11.6. The molecule has 0 saturated carbocycles. The zero-order valence-corrected chi connectivity index (χ0v) is 17.5. The van der Waals surface area contributed by atoms with Crippen LogP contribution in [0.1, 0.15) is 71.1 Å². The Morgan fingerprint density at radius 3 is 1.78 bits per heavy atom. The van der Waals surface area contributed by atoms with E-state index in [4.69, 9.17) is 0 Å². The zero-order valence-electron chi connectivity index (χ0n) is 15.8. The Labute approximate surface area is 163 Å². The van der Waals surface area contributed by atoms with Gasteiger partial charge in [0.05, 0.1) is 6.61 Å². The Morgan fingerprint density at radius 2 is 1.22 bits per heavy atom. The Morgan fingerprint density at radius 1 is 0.704 bits per heavy atom. The summed E-state index contributed by atoms with van der Waals surface area (Å²) in [5, 5.41) is 0. The molecule has 1 aromatic carbocycles. The van der Waals surface area contributed by atoms with Crippen molar-refractivity contribution >= 4 is 20.8 Å². The summed E-state index contributed by atoms with van der Waals surface area (Å²) >= 11 is 0. The molecule has 0 aromatic heterocycles. The Balaban J connectivity index is 2.15. The van der Waals surface area contributed by atoms with Crippen LogP contribution in [0, 0.1) is 0 Å². The van der Waals surface area contributed by atoms with Gasteiger partial charge in [0, 0.05) is 0 Å². The molecule has 7 nitrogen and oxygen atoms in total. The van der Waals surface area contributed by atoms with E-state index in [9.17, 15) is 16.8 Å². The minimum absolute atomic E-state index is 0.0533. The molecule has 0 aliphatic heterocycles. The van der Waals surface area contributed by atoms with E-state index in [0.29, 0.717) is 6.42 Å². The van der Waals surface area contributed by atoms with Crippen LogP contribution >= 0.6 is 0 Å². The summed E-state index contributed by atoms with van der Waals surface area (Å²) in [4.78, 5) is 0. The molecular formula is C18H30O7S2. The molecule has 0 N–H and O–H groups in total. The van der Waals surface area contributed by atoms with Crippen molar-refractivity contribution in [2.45, 2.75) is 71.1 Å². The first-order chi connectivity index (χ1) is 12.8. The molecule has 9 heteroatoms. The normalized spacial score (nSPS) is 12.2. The van der Waals surface area contributed by atoms with E-state index < -0.39 is 20.8 Å². The summed E-state index contributed by atoms with van der Waals surface area (Å²) in [5.41, 5.74) is 0. The van der Waals surface area contributed by atoms with Gasteiger partial charge in [-0.15, -0.1) is 0 Å².